The number of carbonyl (C=O) groups excluding carboxylic acids is 1. The van der Waals surface area contributed by atoms with Crippen molar-refractivity contribution in [2.45, 2.75) is 13.8 Å². The minimum atomic E-state index is -0.000459. The van der Waals surface area contributed by atoms with Crippen LogP contribution in [0.5, 0.6) is 0 Å². The van der Waals surface area contributed by atoms with E-state index in [9.17, 15) is 4.79 Å². The van der Waals surface area contributed by atoms with Gasteiger partial charge in [-0.2, -0.15) is 0 Å². The van der Waals surface area contributed by atoms with Gasteiger partial charge in [0.1, 0.15) is 17.1 Å². The largest absolute Gasteiger partial charge is 0.452 e. The highest BCUT2D eigenvalue weighted by molar-refractivity contribution is 6.27. The van der Waals surface area contributed by atoms with Crippen molar-refractivity contribution in [2.75, 3.05) is 50.0 Å². The number of fused-ring (bicyclic) bond motifs is 2. The number of halogens is 1. The summed E-state index contributed by atoms with van der Waals surface area (Å²) in [5.41, 5.74) is 3.63. The molecule has 0 radical (unpaired) electrons. The molecule has 6 nitrogen and oxygen atoms in total. The summed E-state index contributed by atoms with van der Waals surface area (Å²) < 4.78 is 8.50. The van der Waals surface area contributed by atoms with E-state index in [0.717, 1.165) is 59.8 Å². The summed E-state index contributed by atoms with van der Waals surface area (Å²) >= 11 is 5.67. The first-order chi connectivity index (χ1) is 14.1. The van der Waals surface area contributed by atoms with E-state index in [1.807, 2.05) is 23.1 Å². The normalized spacial score (nSPS) is 14.6. The fourth-order valence-electron chi connectivity index (χ4n) is 3.88. The van der Waals surface area contributed by atoms with Gasteiger partial charge in [0.15, 0.2) is 24.4 Å². The quantitative estimate of drug-likeness (QED) is 0.375. The van der Waals surface area contributed by atoms with Gasteiger partial charge in [0.05, 0.1) is 19.2 Å². The van der Waals surface area contributed by atoms with Crippen molar-refractivity contribution in [3.63, 3.8) is 0 Å². The molecule has 152 valence electrons. The van der Waals surface area contributed by atoms with E-state index in [0.29, 0.717) is 13.1 Å². The zero-order chi connectivity index (χ0) is 20.4. The van der Waals surface area contributed by atoms with E-state index >= 15 is 0 Å². The Morgan fingerprint density at radius 3 is 2.62 bits per heavy atom. The molecule has 1 saturated heterocycles. The summed E-state index contributed by atoms with van der Waals surface area (Å²) in [6.45, 7) is 9.12. The second-order valence-corrected chi connectivity index (χ2v) is 7.46. The van der Waals surface area contributed by atoms with Crippen LogP contribution in [0.15, 0.2) is 40.8 Å². The van der Waals surface area contributed by atoms with Crippen molar-refractivity contribution in [2.24, 2.45) is 0 Å². The molecule has 0 unspecified atom stereocenters. The molecule has 1 fully saturated rings. The molecule has 7 heteroatoms. The van der Waals surface area contributed by atoms with E-state index in [1.54, 1.807) is 0 Å². The summed E-state index contributed by atoms with van der Waals surface area (Å²) in [6, 6.07) is 12.3. The third kappa shape index (κ3) is 3.94. The Morgan fingerprint density at radius 1 is 1.17 bits per heavy atom. The summed E-state index contributed by atoms with van der Waals surface area (Å²) in [4.78, 5) is 20.6. The van der Waals surface area contributed by atoms with Crippen LogP contribution in [-0.2, 0) is 4.79 Å². The zero-order valence-corrected chi connectivity index (χ0v) is 17.7. The fraction of sp³-hybridized carbons (Fsp3) is 0.409. The molecule has 0 spiro atoms. The van der Waals surface area contributed by atoms with Gasteiger partial charge in [0.2, 0.25) is 11.3 Å². The number of carbonyl (C=O) groups is 1. The van der Waals surface area contributed by atoms with Gasteiger partial charge >= 0.3 is 0 Å². The lowest BCUT2D eigenvalue weighted by Gasteiger charge is -2.24. The molecule has 0 aromatic heterocycles. The SMILES string of the molecule is CCN(CC)c1ccc2nc3ccc(=[N+]4CCN(C(=O)CCl)CC4)cc-3oc2c1. The predicted molar refractivity (Wildman–Crippen MR) is 116 cm³/mol. The average Bonchev–Trinajstić information content (AvgIpc) is 2.77. The molecule has 29 heavy (non-hydrogen) atoms. The van der Waals surface area contributed by atoms with E-state index in [1.165, 1.54) is 0 Å². The van der Waals surface area contributed by atoms with Crippen LogP contribution in [0, 0.1) is 0 Å². The van der Waals surface area contributed by atoms with Crippen molar-refractivity contribution in [3.8, 4) is 11.5 Å². The van der Waals surface area contributed by atoms with Crippen molar-refractivity contribution < 1.29 is 9.21 Å². The molecule has 0 saturated carbocycles. The van der Waals surface area contributed by atoms with Crippen LogP contribution < -0.4 is 14.8 Å². The average molecular weight is 414 g/mol. The molecule has 1 aliphatic carbocycles. The van der Waals surface area contributed by atoms with Crippen LogP contribution in [0.2, 0.25) is 0 Å². The summed E-state index contributed by atoms with van der Waals surface area (Å²) in [5, 5.41) is 1.08. The zero-order valence-electron chi connectivity index (χ0n) is 16.9. The predicted octanol–water partition coefficient (Wildman–Crippen LogP) is 2.63. The number of alkyl halides is 1. The fourth-order valence-corrected chi connectivity index (χ4v) is 4.05. The van der Waals surface area contributed by atoms with Gasteiger partial charge in [-0.25, -0.2) is 9.56 Å². The molecule has 1 aromatic rings. The Bertz CT molecular complexity index is 1060. The van der Waals surface area contributed by atoms with Crippen molar-refractivity contribution >= 4 is 34.3 Å². The lowest BCUT2D eigenvalue weighted by molar-refractivity contribution is -0.129. The molecule has 0 bridgehead atoms. The maximum Gasteiger partial charge on any atom is 0.237 e. The molecule has 3 aliphatic rings. The van der Waals surface area contributed by atoms with Gasteiger partial charge in [-0.15, -0.1) is 11.6 Å². The number of piperazine rings is 1. The summed E-state index contributed by atoms with van der Waals surface area (Å²) in [7, 11) is 0. The van der Waals surface area contributed by atoms with Crippen LogP contribution in [0.3, 0.4) is 0 Å². The van der Waals surface area contributed by atoms with Crippen molar-refractivity contribution in [1.29, 1.82) is 0 Å². The maximum atomic E-state index is 11.8. The maximum absolute atomic E-state index is 11.8. The smallest absolute Gasteiger partial charge is 0.237 e. The third-order valence-electron chi connectivity index (χ3n) is 5.59. The van der Waals surface area contributed by atoms with Crippen LogP contribution in [0.4, 0.5) is 5.69 Å². The monoisotopic (exact) mass is 413 g/mol. The van der Waals surface area contributed by atoms with Gasteiger partial charge in [-0.3, -0.25) is 4.79 Å². The lowest BCUT2D eigenvalue weighted by Crippen LogP contribution is -2.50. The highest BCUT2D eigenvalue weighted by Crippen LogP contribution is 2.27. The van der Waals surface area contributed by atoms with Crippen molar-refractivity contribution in [1.82, 2.24) is 14.5 Å². The van der Waals surface area contributed by atoms with Crippen LogP contribution >= 0.6 is 11.6 Å². The standard InChI is InChI=1S/C22H26ClN4O2/c1-3-25(4-2)16-5-7-18-20(13-16)29-21-14-17(6-8-19(21)24-18)26-9-11-27(12-10-26)22(28)15-23/h5-8,13-14H,3-4,9-12,15H2,1-2H3/q+1. The van der Waals surface area contributed by atoms with E-state index < -0.39 is 0 Å². The number of benzene rings is 2. The molecule has 1 aromatic carbocycles. The minimum absolute atomic E-state index is 0.000459. The number of amides is 1. The van der Waals surface area contributed by atoms with Crippen LogP contribution in [0.25, 0.3) is 22.6 Å². The first-order valence-corrected chi connectivity index (χ1v) is 10.7. The molecular weight excluding hydrogens is 388 g/mol. The number of anilines is 1. The molecule has 0 atom stereocenters. The van der Waals surface area contributed by atoms with Crippen LogP contribution in [0.1, 0.15) is 13.8 Å². The van der Waals surface area contributed by atoms with Gasteiger partial charge < -0.3 is 14.2 Å². The van der Waals surface area contributed by atoms with E-state index in [-0.39, 0.29) is 11.8 Å². The van der Waals surface area contributed by atoms with E-state index in [4.69, 9.17) is 21.0 Å². The molecule has 0 N–H and O–H groups in total. The number of hydrogen-bond donors (Lipinski definition) is 0. The number of aromatic nitrogens is 1. The topological polar surface area (TPSA) is 52.6 Å². The Kier molecular flexibility index (Phi) is 5.72. The minimum Gasteiger partial charge on any atom is -0.452 e. The highest BCUT2D eigenvalue weighted by atomic mass is 35.5. The summed E-state index contributed by atoms with van der Waals surface area (Å²) in [5.74, 6) is 0.814. The van der Waals surface area contributed by atoms with Gasteiger partial charge in [0, 0.05) is 30.9 Å². The Labute approximate surface area is 175 Å². The molecule has 2 aliphatic heterocycles. The van der Waals surface area contributed by atoms with E-state index in [2.05, 4.69) is 41.5 Å². The second kappa shape index (κ2) is 8.41. The molecule has 4 rings (SSSR count). The third-order valence-corrected chi connectivity index (χ3v) is 5.82. The van der Waals surface area contributed by atoms with Gasteiger partial charge in [0.25, 0.3) is 0 Å². The highest BCUT2D eigenvalue weighted by Gasteiger charge is 2.23. The van der Waals surface area contributed by atoms with Gasteiger partial charge in [-0.05, 0) is 32.0 Å². The van der Waals surface area contributed by atoms with Crippen molar-refractivity contribution in [3.05, 3.63) is 41.8 Å². The number of rotatable bonds is 4. The first kappa shape index (κ1) is 19.7. The summed E-state index contributed by atoms with van der Waals surface area (Å²) in [6.07, 6.45) is 0. The Morgan fingerprint density at radius 2 is 1.93 bits per heavy atom. The lowest BCUT2D eigenvalue weighted by atomic mass is 10.2. The van der Waals surface area contributed by atoms with Crippen LogP contribution in [-0.4, -0.2) is 60.9 Å². The van der Waals surface area contributed by atoms with Gasteiger partial charge in [-0.1, -0.05) is 0 Å². The number of hydrogen-bond acceptors (Lipinski definition) is 4. The Balaban J connectivity index is 1.71. The second-order valence-electron chi connectivity index (χ2n) is 7.19. The molecule has 2 heterocycles. The molecule has 1 amide bonds. The first-order valence-electron chi connectivity index (χ1n) is 10.1. The number of nitrogens with zero attached hydrogens (tertiary/aromatic N) is 4. The Hall–Kier alpha value is -2.60. The molecular formula is C22H26ClN4O2+.